The van der Waals surface area contributed by atoms with Gasteiger partial charge in [-0.3, -0.25) is 0 Å². The summed E-state index contributed by atoms with van der Waals surface area (Å²) in [4.78, 5) is 12.8. The smallest absolute Gasteiger partial charge is 0.358 e. The van der Waals surface area contributed by atoms with Gasteiger partial charge in [0.15, 0.2) is 0 Å². The van der Waals surface area contributed by atoms with Crippen LogP contribution in [0.1, 0.15) is 17.7 Å². The second kappa shape index (κ2) is 4.58. The van der Waals surface area contributed by atoms with E-state index in [-0.39, 0.29) is 16.6 Å². The number of rotatable bonds is 3. The van der Waals surface area contributed by atoms with Crippen LogP contribution in [0.2, 0.25) is 0 Å². The molecule has 0 aliphatic rings. The van der Waals surface area contributed by atoms with E-state index in [1.54, 1.807) is 0 Å². The van der Waals surface area contributed by atoms with E-state index in [4.69, 9.17) is 5.73 Å². The molecule has 0 bridgehead atoms. The van der Waals surface area contributed by atoms with Crippen LogP contribution in [0.25, 0.3) is 0 Å². The molecule has 0 amide bonds. The van der Waals surface area contributed by atoms with Gasteiger partial charge in [0.2, 0.25) is 5.69 Å². The third-order valence-electron chi connectivity index (χ3n) is 1.66. The summed E-state index contributed by atoms with van der Waals surface area (Å²) in [5.74, 6) is -0.631. The predicted molar refractivity (Wildman–Crippen MR) is 51.4 cm³/mol. The van der Waals surface area contributed by atoms with Gasteiger partial charge in [0.1, 0.15) is 0 Å². The zero-order valence-electron chi connectivity index (χ0n) is 7.28. The summed E-state index contributed by atoms with van der Waals surface area (Å²) >= 11 is 2.88. The molecule has 82 valence electrons. The van der Waals surface area contributed by atoms with Crippen LogP contribution in [-0.4, -0.2) is 9.91 Å². The van der Waals surface area contributed by atoms with E-state index in [0.717, 1.165) is 6.07 Å². The Balaban J connectivity index is 3.38. The van der Waals surface area contributed by atoms with Crippen molar-refractivity contribution < 1.29 is 13.7 Å². The van der Waals surface area contributed by atoms with Crippen molar-refractivity contribution in [3.05, 3.63) is 31.9 Å². The van der Waals surface area contributed by atoms with Crippen molar-refractivity contribution in [2.24, 2.45) is 5.73 Å². The van der Waals surface area contributed by atoms with Crippen LogP contribution in [-0.2, 0) is 6.54 Å². The molecule has 0 aliphatic heterocycles. The maximum Gasteiger partial charge on any atom is 0.364 e. The molecule has 0 saturated heterocycles. The number of halogens is 3. The van der Waals surface area contributed by atoms with Gasteiger partial charge in [0.25, 0.3) is 0 Å². The highest BCUT2D eigenvalue weighted by Crippen LogP contribution is 2.30. The molecule has 0 aliphatic carbocycles. The van der Waals surface area contributed by atoms with E-state index in [2.05, 4.69) is 20.9 Å². The molecule has 0 aromatic carbocycles. The van der Waals surface area contributed by atoms with Gasteiger partial charge in [-0.1, -0.05) is 0 Å². The number of alkyl halides is 2. The maximum atomic E-state index is 12.4. The molecule has 0 atom stereocenters. The molecule has 1 aromatic rings. The summed E-state index contributed by atoms with van der Waals surface area (Å²) in [5, 5.41) is 10.4. The van der Waals surface area contributed by atoms with Gasteiger partial charge in [-0.15, -0.1) is 0 Å². The maximum absolute atomic E-state index is 12.4. The number of hydrogen-bond donors (Lipinski definition) is 1. The molecule has 15 heavy (non-hydrogen) atoms. The number of nitrogens with zero attached hydrogens (tertiary/aromatic N) is 2. The van der Waals surface area contributed by atoms with E-state index in [1.807, 2.05) is 0 Å². The number of aromatic nitrogens is 1. The van der Waals surface area contributed by atoms with E-state index in [9.17, 15) is 18.9 Å². The Kier molecular flexibility index (Phi) is 3.64. The summed E-state index contributed by atoms with van der Waals surface area (Å²) in [7, 11) is 0. The first-order valence-corrected chi connectivity index (χ1v) is 4.58. The topological polar surface area (TPSA) is 82.0 Å². The van der Waals surface area contributed by atoms with Gasteiger partial charge in [0, 0.05) is 12.6 Å². The minimum atomic E-state index is -2.88. The number of hydrogen-bond acceptors (Lipinski definition) is 4. The summed E-state index contributed by atoms with van der Waals surface area (Å²) < 4.78 is 24.9. The third-order valence-corrected chi connectivity index (χ3v) is 2.57. The first kappa shape index (κ1) is 11.9. The van der Waals surface area contributed by atoms with Crippen molar-refractivity contribution in [2.75, 3.05) is 0 Å². The van der Waals surface area contributed by atoms with Gasteiger partial charge < -0.3 is 15.8 Å². The van der Waals surface area contributed by atoms with Crippen LogP contribution >= 0.6 is 15.9 Å². The molecule has 0 saturated carbocycles. The first-order chi connectivity index (χ1) is 6.97. The van der Waals surface area contributed by atoms with Gasteiger partial charge in [-0.05, 0) is 31.4 Å². The van der Waals surface area contributed by atoms with Crippen molar-refractivity contribution in [2.45, 2.75) is 13.0 Å². The molecule has 0 fully saturated rings. The summed E-state index contributed by atoms with van der Waals surface area (Å²) in [6, 6.07) is 1.07. The molecule has 8 heteroatoms. The molecular weight excluding hydrogens is 276 g/mol. The molecular formula is C7H6BrF2N3O2. The monoisotopic (exact) mass is 281 g/mol. The Bertz CT molecular complexity index is 400. The van der Waals surface area contributed by atoms with Gasteiger partial charge in [0.05, 0.1) is 4.47 Å². The minimum Gasteiger partial charge on any atom is -0.358 e. The summed E-state index contributed by atoms with van der Waals surface area (Å²) in [5.41, 5.74) is 4.83. The largest absolute Gasteiger partial charge is 0.364 e. The fraction of sp³-hybridized carbons (Fsp3) is 0.286. The van der Waals surface area contributed by atoms with Crippen molar-refractivity contribution in [1.29, 1.82) is 0 Å². The summed E-state index contributed by atoms with van der Waals surface area (Å²) in [6.45, 7) is -0.0797. The average Bonchev–Trinajstić information content (AvgIpc) is 2.17. The fourth-order valence-corrected chi connectivity index (χ4v) is 1.51. The molecule has 0 radical (unpaired) electrons. The Labute approximate surface area is 91.6 Å². The van der Waals surface area contributed by atoms with E-state index < -0.39 is 22.9 Å². The van der Waals surface area contributed by atoms with Gasteiger partial charge >= 0.3 is 12.2 Å². The van der Waals surface area contributed by atoms with Crippen molar-refractivity contribution >= 4 is 21.7 Å². The van der Waals surface area contributed by atoms with E-state index in [0.29, 0.717) is 0 Å². The third kappa shape index (κ3) is 2.45. The lowest BCUT2D eigenvalue weighted by Gasteiger charge is -2.03. The summed E-state index contributed by atoms with van der Waals surface area (Å²) in [6.07, 6.45) is -2.88. The first-order valence-electron chi connectivity index (χ1n) is 3.79. The highest BCUT2D eigenvalue weighted by molar-refractivity contribution is 9.10. The molecule has 1 aromatic heterocycles. The van der Waals surface area contributed by atoms with Crippen molar-refractivity contribution in [3.8, 4) is 0 Å². The highest BCUT2D eigenvalue weighted by Gasteiger charge is 2.25. The lowest BCUT2D eigenvalue weighted by atomic mass is 10.2. The highest BCUT2D eigenvalue weighted by atomic mass is 79.9. The van der Waals surface area contributed by atoms with E-state index in [1.165, 1.54) is 0 Å². The Morgan fingerprint density at radius 1 is 1.67 bits per heavy atom. The average molecular weight is 282 g/mol. The second-order valence-electron chi connectivity index (χ2n) is 2.60. The molecule has 0 spiro atoms. The fourth-order valence-electron chi connectivity index (χ4n) is 0.975. The van der Waals surface area contributed by atoms with Gasteiger partial charge in [-0.25, -0.2) is 8.78 Å². The SMILES string of the molecule is NCc1cc([N+](=O)[O-])nc(C(F)F)c1Br. The quantitative estimate of drug-likeness (QED) is 0.680. The standard InChI is InChI=1S/C7H6BrF2N3O2/c8-5-3(2-11)1-4(13(14)15)12-6(5)7(9)10/h1,7H,2,11H2. The number of nitrogens with two attached hydrogens (primary N) is 1. The minimum absolute atomic E-state index is 0.0191. The lowest BCUT2D eigenvalue weighted by molar-refractivity contribution is -0.389. The second-order valence-corrected chi connectivity index (χ2v) is 3.39. The van der Waals surface area contributed by atoms with Crippen LogP contribution in [0, 0.1) is 10.1 Å². The zero-order chi connectivity index (χ0) is 11.6. The molecule has 1 heterocycles. The predicted octanol–water partition coefficient (Wildman–Crippen LogP) is 2.15. The Hall–Kier alpha value is -1.15. The normalized spacial score (nSPS) is 10.7. The number of pyridine rings is 1. The van der Waals surface area contributed by atoms with Crippen molar-refractivity contribution in [1.82, 2.24) is 4.98 Å². The van der Waals surface area contributed by atoms with Crippen LogP contribution in [0.4, 0.5) is 14.6 Å². The van der Waals surface area contributed by atoms with Gasteiger partial charge in [-0.2, -0.15) is 0 Å². The van der Waals surface area contributed by atoms with Crippen LogP contribution < -0.4 is 5.73 Å². The zero-order valence-corrected chi connectivity index (χ0v) is 8.87. The van der Waals surface area contributed by atoms with Crippen LogP contribution in [0.3, 0.4) is 0 Å². The van der Waals surface area contributed by atoms with Crippen LogP contribution in [0.15, 0.2) is 10.5 Å². The molecule has 2 N–H and O–H groups in total. The lowest BCUT2D eigenvalue weighted by Crippen LogP contribution is -2.05. The Morgan fingerprint density at radius 3 is 2.67 bits per heavy atom. The molecule has 0 unspecified atom stereocenters. The van der Waals surface area contributed by atoms with E-state index >= 15 is 0 Å². The van der Waals surface area contributed by atoms with Crippen LogP contribution in [0.5, 0.6) is 0 Å². The molecule has 5 nitrogen and oxygen atoms in total. The Morgan fingerprint density at radius 2 is 2.27 bits per heavy atom. The molecule has 1 rings (SSSR count). The number of nitro groups is 1. The van der Waals surface area contributed by atoms with Crippen molar-refractivity contribution in [3.63, 3.8) is 0 Å².